The van der Waals surface area contributed by atoms with Gasteiger partial charge in [0.25, 0.3) is 0 Å². The number of nitrogens with zero attached hydrogens (tertiary/aromatic N) is 1. The Morgan fingerprint density at radius 2 is 1.89 bits per heavy atom. The molecule has 0 aliphatic carbocycles. The fourth-order valence-electron chi connectivity index (χ4n) is 4.25. The van der Waals surface area contributed by atoms with Crippen molar-refractivity contribution in [3.63, 3.8) is 0 Å². The Bertz CT molecular complexity index is 462. The molecule has 2 nitrogen and oxygen atoms in total. The molecule has 2 N–H and O–H groups in total. The van der Waals surface area contributed by atoms with Gasteiger partial charge in [-0.15, -0.1) is 11.8 Å². The first-order valence-corrected chi connectivity index (χ1v) is 8.53. The standard InChI is InChI=1S/C16H22N2S/c17-12-7-13-5-6-14(8-12)18(13)9-11-10-19-16-4-2-1-3-15(11)16/h1-4,11-14H,5-10,17H2. The summed E-state index contributed by atoms with van der Waals surface area (Å²) in [5.74, 6) is 2.00. The molecule has 2 fully saturated rings. The van der Waals surface area contributed by atoms with Crippen LogP contribution in [0.1, 0.15) is 37.2 Å². The monoisotopic (exact) mass is 274 g/mol. The average molecular weight is 274 g/mol. The molecule has 1 aromatic rings. The number of benzene rings is 1. The quantitative estimate of drug-likeness (QED) is 0.899. The molecular weight excluding hydrogens is 252 g/mol. The molecule has 3 heterocycles. The number of hydrogen-bond acceptors (Lipinski definition) is 3. The number of nitrogens with two attached hydrogens (primary N) is 1. The summed E-state index contributed by atoms with van der Waals surface area (Å²) in [5, 5.41) is 0. The first kappa shape index (κ1) is 12.2. The lowest BCUT2D eigenvalue weighted by molar-refractivity contribution is 0.122. The second kappa shape index (κ2) is 4.80. The maximum absolute atomic E-state index is 6.17. The molecule has 102 valence electrons. The van der Waals surface area contributed by atoms with Crippen LogP contribution in [0.25, 0.3) is 0 Å². The molecule has 0 amide bonds. The Balaban J connectivity index is 1.51. The van der Waals surface area contributed by atoms with Crippen LogP contribution < -0.4 is 5.73 Å². The van der Waals surface area contributed by atoms with E-state index in [2.05, 4.69) is 29.2 Å². The van der Waals surface area contributed by atoms with Gasteiger partial charge in [-0.1, -0.05) is 18.2 Å². The van der Waals surface area contributed by atoms with Crippen LogP contribution in [0.15, 0.2) is 29.2 Å². The minimum absolute atomic E-state index is 0.457. The fraction of sp³-hybridized carbons (Fsp3) is 0.625. The normalized spacial score (nSPS) is 37.5. The minimum Gasteiger partial charge on any atom is -0.328 e. The van der Waals surface area contributed by atoms with Gasteiger partial charge in [-0.2, -0.15) is 0 Å². The van der Waals surface area contributed by atoms with E-state index in [-0.39, 0.29) is 0 Å². The highest BCUT2D eigenvalue weighted by Crippen LogP contribution is 2.43. The molecule has 4 rings (SSSR count). The van der Waals surface area contributed by atoms with Gasteiger partial charge >= 0.3 is 0 Å². The van der Waals surface area contributed by atoms with Crippen LogP contribution in [0.2, 0.25) is 0 Å². The summed E-state index contributed by atoms with van der Waals surface area (Å²) in [6.07, 6.45) is 5.19. The van der Waals surface area contributed by atoms with Gasteiger partial charge in [-0.25, -0.2) is 0 Å². The van der Waals surface area contributed by atoms with E-state index in [1.165, 1.54) is 42.9 Å². The number of hydrogen-bond donors (Lipinski definition) is 1. The van der Waals surface area contributed by atoms with Crippen molar-refractivity contribution in [3.8, 4) is 0 Å². The van der Waals surface area contributed by atoms with Crippen molar-refractivity contribution in [1.82, 2.24) is 4.90 Å². The lowest BCUT2D eigenvalue weighted by Gasteiger charge is -2.39. The van der Waals surface area contributed by atoms with Crippen molar-refractivity contribution in [2.75, 3.05) is 12.3 Å². The molecule has 3 aliphatic heterocycles. The Labute approximate surface area is 119 Å². The third kappa shape index (κ3) is 2.12. The van der Waals surface area contributed by atoms with Crippen molar-refractivity contribution in [2.45, 2.75) is 54.6 Å². The summed E-state index contributed by atoms with van der Waals surface area (Å²) in [6.45, 7) is 1.26. The van der Waals surface area contributed by atoms with E-state index < -0.39 is 0 Å². The average Bonchev–Trinajstić information content (AvgIpc) is 2.92. The third-order valence-corrected chi connectivity index (χ3v) is 6.40. The lowest BCUT2D eigenvalue weighted by atomic mass is 9.94. The minimum atomic E-state index is 0.457. The number of piperidine rings is 1. The van der Waals surface area contributed by atoms with Crippen LogP contribution in [-0.2, 0) is 0 Å². The van der Waals surface area contributed by atoms with Crippen LogP contribution in [0.5, 0.6) is 0 Å². The number of thioether (sulfide) groups is 1. The summed E-state index contributed by atoms with van der Waals surface area (Å²) in [5.41, 5.74) is 7.76. The van der Waals surface area contributed by atoms with Crippen LogP contribution in [0.3, 0.4) is 0 Å². The maximum atomic E-state index is 6.17. The predicted octanol–water partition coefficient (Wildman–Crippen LogP) is 2.83. The summed E-state index contributed by atoms with van der Waals surface area (Å²) in [4.78, 5) is 4.30. The molecule has 0 spiro atoms. The van der Waals surface area contributed by atoms with E-state index in [9.17, 15) is 0 Å². The maximum Gasteiger partial charge on any atom is 0.0114 e. The highest BCUT2D eigenvalue weighted by Gasteiger charge is 2.41. The van der Waals surface area contributed by atoms with Crippen molar-refractivity contribution in [3.05, 3.63) is 29.8 Å². The van der Waals surface area contributed by atoms with Crippen molar-refractivity contribution >= 4 is 11.8 Å². The second-order valence-electron chi connectivity index (χ2n) is 6.36. The smallest absolute Gasteiger partial charge is 0.0114 e. The van der Waals surface area contributed by atoms with Crippen LogP contribution >= 0.6 is 11.8 Å². The summed E-state index contributed by atoms with van der Waals surface area (Å²) in [6, 6.07) is 11.0. The molecule has 3 atom stereocenters. The molecule has 3 aliphatic rings. The Hall–Kier alpha value is -0.510. The van der Waals surface area contributed by atoms with Crippen molar-refractivity contribution in [2.24, 2.45) is 5.73 Å². The van der Waals surface area contributed by atoms with Gasteiger partial charge in [0.2, 0.25) is 0 Å². The van der Waals surface area contributed by atoms with Gasteiger partial charge in [0.05, 0.1) is 0 Å². The van der Waals surface area contributed by atoms with Gasteiger partial charge in [0.15, 0.2) is 0 Å². The third-order valence-electron chi connectivity index (χ3n) is 5.15. The molecule has 0 aromatic heterocycles. The Morgan fingerprint density at radius 1 is 1.16 bits per heavy atom. The Kier molecular flexibility index (Phi) is 3.09. The first-order chi connectivity index (χ1) is 9.31. The summed E-state index contributed by atoms with van der Waals surface area (Å²) < 4.78 is 0. The molecular formula is C16H22N2S. The van der Waals surface area contributed by atoms with Crippen LogP contribution in [-0.4, -0.2) is 35.3 Å². The van der Waals surface area contributed by atoms with E-state index in [1.807, 2.05) is 11.8 Å². The van der Waals surface area contributed by atoms with Gasteiger partial charge in [-0.05, 0) is 37.3 Å². The van der Waals surface area contributed by atoms with Gasteiger partial charge in [0, 0.05) is 41.2 Å². The molecule has 0 saturated carbocycles. The highest BCUT2D eigenvalue weighted by atomic mass is 32.2. The molecule has 3 unspecified atom stereocenters. The Morgan fingerprint density at radius 3 is 2.68 bits per heavy atom. The van der Waals surface area contributed by atoms with Crippen LogP contribution in [0, 0.1) is 0 Å². The van der Waals surface area contributed by atoms with Crippen molar-refractivity contribution in [1.29, 1.82) is 0 Å². The SMILES string of the molecule is NC1CC2CCC(C1)N2CC1CSc2ccccc21. The highest BCUT2D eigenvalue weighted by molar-refractivity contribution is 7.99. The van der Waals surface area contributed by atoms with E-state index in [4.69, 9.17) is 5.73 Å². The molecule has 0 radical (unpaired) electrons. The summed E-state index contributed by atoms with van der Waals surface area (Å²) >= 11 is 2.04. The molecule has 2 saturated heterocycles. The summed E-state index contributed by atoms with van der Waals surface area (Å²) in [7, 11) is 0. The predicted molar refractivity (Wildman–Crippen MR) is 80.6 cm³/mol. The molecule has 3 heteroatoms. The zero-order chi connectivity index (χ0) is 12.8. The number of rotatable bonds is 2. The van der Waals surface area contributed by atoms with Crippen LogP contribution in [0.4, 0.5) is 0 Å². The van der Waals surface area contributed by atoms with Gasteiger partial charge in [-0.3, -0.25) is 4.90 Å². The molecule has 19 heavy (non-hydrogen) atoms. The molecule has 2 bridgehead atoms. The van der Waals surface area contributed by atoms with Gasteiger partial charge < -0.3 is 5.73 Å². The zero-order valence-electron chi connectivity index (χ0n) is 11.3. The largest absolute Gasteiger partial charge is 0.328 e. The molecule has 1 aromatic carbocycles. The number of fused-ring (bicyclic) bond motifs is 3. The van der Waals surface area contributed by atoms with Gasteiger partial charge in [0.1, 0.15) is 0 Å². The second-order valence-corrected chi connectivity index (χ2v) is 7.42. The topological polar surface area (TPSA) is 29.3 Å². The van der Waals surface area contributed by atoms with E-state index in [1.54, 1.807) is 5.56 Å². The van der Waals surface area contributed by atoms with Crippen molar-refractivity contribution < 1.29 is 0 Å². The zero-order valence-corrected chi connectivity index (χ0v) is 12.1. The van der Waals surface area contributed by atoms with E-state index in [0.717, 1.165) is 18.0 Å². The lowest BCUT2D eigenvalue weighted by Crippen LogP contribution is -2.48. The van der Waals surface area contributed by atoms with E-state index in [0.29, 0.717) is 6.04 Å². The first-order valence-electron chi connectivity index (χ1n) is 7.54. The van der Waals surface area contributed by atoms with E-state index >= 15 is 0 Å². The fourth-order valence-corrected chi connectivity index (χ4v) is 5.49.